The van der Waals surface area contributed by atoms with Gasteiger partial charge in [0.1, 0.15) is 5.41 Å². The smallest absolute Gasteiger partial charge is 0.315 e. The van der Waals surface area contributed by atoms with Gasteiger partial charge in [-0.3, -0.25) is 4.79 Å². The Labute approximate surface area is 96.2 Å². The van der Waals surface area contributed by atoms with E-state index in [1.165, 1.54) is 0 Å². The van der Waals surface area contributed by atoms with E-state index in [2.05, 4.69) is 13.8 Å². The lowest BCUT2D eigenvalue weighted by Gasteiger charge is -2.46. The van der Waals surface area contributed by atoms with Crippen molar-refractivity contribution in [3.8, 4) is 0 Å². The summed E-state index contributed by atoms with van der Waals surface area (Å²) < 4.78 is 5.20. The van der Waals surface area contributed by atoms with Crippen LogP contribution in [0.5, 0.6) is 0 Å². The molecule has 0 aliphatic heterocycles. The zero-order valence-electron chi connectivity index (χ0n) is 10.2. The van der Waals surface area contributed by atoms with E-state index in [4.69, 9.17) is 4.74 Å². The normalized spacial score (nSPS) is 51.2. The van der Waals surface area contributed by atoms with Crippen LogP contribution in [-0.4, -0.2) is 23.3 Å². The van der Waals surface area contributed by atoms with Crippen molar-refractivity contribution in [2.45, 2.75) is 45.6 Å². The van der Waals surface area contributed by atoms with Gasteiger partial charge in [0.05, 0.1) is 12.2 Å². The second-order valence-corrected chi connectivity index (χ2v) is 6.15. The third-order valence-electron chi connectivity index (χ3n) is 5.55. The van der Waals surface area contributed by atoms with Gasteiger partial charge in [-0.25, -0.2) is 0 Å². The van der Waals surface area contributed by atoms with Crippen molar-refractivity contribution in [1.29, 1.82) is 0 Å². The maximum Gasteiger partial charge on any atom is 0.315 e. The summed E-state index contributed by atoms with van der Waals surface area (Å²) in [6.07, 6.45) is 2.90. The van der Waals surface area contributed by atoms with E-state index in [0.717, 1.165) is 19.3 Å². The first-order valence-electron chi connectivity index (χ1n) is 6.34. The second kappa shape index (κ2) is 2.63. The van der Waals surface area contributed by atoms with Gasteiger partial charge in [0.25, 0.3) is 0 Å². The van der Waals surface area contributed by atoms with Crippen molar-refractivity contribution in [1.82, 2.24) is 0 Å². The Morgan fingerprint density at radius 2 is 2.19 bits per heavy atom. The highest BCUT2D eigenvalue weighted by Gasteiger charge is 2.95. The van der Waals surface area contributed by atoms with Crippen molar-refractivity contribution < 1.29 is 14.6 Å². The molecule has 3 nitrogen and oxygen atoms in total. The predicted molar refractivity (Wildman–Crippen MR) is 58.6 cm³/mol. The number of hydrogen-bond donors (Lipinski definition) is 1. The highest BCUT2D eigenvalue weighted by molar-refractivity contribution is 5.87. The number of hydrogen-bond acceptors (Lipinski definition) is 3. The average molecular weight is 224 g/mol. The van der Waals surface area contributed by atoms with Gasteiger partial charge >= 0.3 is 5.97 Å². The van der Waals surface area contributed by atoms with Crippen LogP contribution >= 0.6 is 0 Å². The average Bonchev–Trinajstić information content (AvgIpc) is 2.50. The molecule has 3 fully saturated rings. The molecular formula is C13H20O3. The fourth-order valence-corrected chi connectivity index (χ4v) is 5.10. The number of carbonyl (C=O) groups is 1. The van der Waals surface area contributed by atoms with Crippen LogP contribution < -0.4 is 0 Å². The Balaban J connectivity index is 1.98. The van der Waals surface area contributed by atoms with Crippen molar-refractivity contribution in [2.24, 2.45) is 22.7 Å². The van der Waals surface area contributed by atoms with E-state index < -0.39 is 11.0 Å². The SMILES string of the molecule is CCOC(=O)[C@]12[C@H]([C@@H]3CCC[C@@]31O)C2(C)C. The largest absolute Gasteiger partial charge is 0.465 e. The van der Waals surface area contributed by atoms with Crippen LogP contribution in [-0.2, 0) is 9.53 Å². The van der Waals surface area contributed by atoms with Crippen LogP contribution in [0.2, 0.25) is 0 Å². The van der Waals surface area contributed by atoms with E-state index in [1.807, 2.05) is 6.92 Å². The quantitative estimate of drug-likeness (QED) is 0.727. The zero-order chi connectivity index (χ0) is 11.8. The molecule has 0 spiro atoms. The molecule has 3 saturated carbocycles. The molecule has 0 heterocycles. The monoisotopic (exact) mass is 224 g/mol. The molecule has 1 N–H and O–H groups in total. The number of fused-ring (bicyclic) bond motifs is 4. The minimum absolute atomic E-state index is 0.0703. The number of carbonyl (C=O) groups excluding carboxylic acids is 1. The zero-order valence-corrected chi connectivity index (χ0v) is 10.2. The predicted octanol–water partition coefficient (Wildman–Crippen LogP) is 1.74. The maximum absolute atomic E-state index is 12.2. The summed E-state index contributed by atoms with van der Waals surface area (Å²) in [7, 11) is 0. The first-order valence-corrected chi connectivity index (χ1v) is 6.34. The molecule has 0 unspecified atom stereocenters. The molecule has 0 saturated heterocycles. The number of ether oxygens (including phenoxy) is 1. The van der Waals surface area contributed by atoms with Gasteiger partial charge < -0.3 is 9.84 Å². The van der Waals surface area contributed by atoms with Crippen LogP contribution in [0, 0.1) is 22.7 Å². The second-order valence-electron chi connectivity index (χ2n) is 6.15. The van der Waals surface area contributed by atoms with Gasteiger partial charge in [-0.05, 0) is 37.0 Å². The molecule has 16 heavy (non-hydrogen) atoms. The standard InChI is InChI=1S/C13H20O3/c1-4-16-10(14)13-9(11(13,2)3)8-6-5-7-12(8,13)15/h8-9,15H,4-7H2,1-3H3/t8-,9+,12+,13-/m0/s1. The lowest BCUT2D eigenvalue weighted by molar-refractivity contribution is -0.190. The van der Waals surface area contributed by atoms with Crippen molar-refractivity contribution in [3.05, 3.63) is 0 Å². The maximum atomic E-state index is 12.2. The number of aliphatic hydroxyl groups is 1. The van der Waals surface area contributed by atoms with Crippen molar-refractivity contribution >= 4 is 5.97 Å². The van der Waals surface area contributed by atoms with Crippen LogP contribution in [0.1, 0.15) is 40.0 Å². The molecule has 3 heteroatoms. The first-order chi connectivity index (χ1) is 7.44. The van der Waals surface area contributed by atoms with Gasteiger partial charge in [-0.1, -0.05) is 20.3 Å². The van der Waals surface area contributed by atoms with Crippen LogP contribution in [0.4, 0.5) is 0 Å². The molecule has 0 aromatic rings. The molecule has 0 amide bonds. The fraction of sp³-hybridized carbons (Fsp3) is 0.923. The van der Waals surface area contributed by atoms with Crippen molar-refractivity contribution in [2.75, 3.05) is 6.61 Å². The van der Waals surface area contributed by atoms with Crippen molar-refractivity contribution in [3.63, 3.8) is 0 Å². The molecule has 4 atom stereocenters. The minimum Gasteiger partial charge on any atom is -0.465 e. The lowest BCUT2D eigenvalue weighted by atomic mass is 9.62. The van der Waals surface area contributed by atoms with E-state index in [9.17, 15) is 9.90 Å². The van der Waals surface area contributed by atoms with E-state index in [-0.39, 0.29) is 11.4 Å². The molecular weight excluding hydrogens is 204 g/mol. The number of esters is 1. The summed E-state index contributed by atoms with van der Waals surface area (Å²) >= 11 is 0. The molecule has 0 aromatic heterocycles. The third-order valence-corrected chi connectivity index (χ3v) is 5.55. The molecule has 0 radical (unpaired) electrons. The van der Waals surface area contributed by atoms with Crippen LogP contribution in [0.3, 0.4) is 0 Å². The molecule has 90 valence electrons. The lowest BCUT2D eigenvalue weighted by Crippen LogP contribution is -2.58. The molecule has 3 aliphatic carbocycles. The summed E-state index contributed by atoms with van der Waals surface area (Å²) in [5, 5.41) is 10.7. The Kier molecular flexibility index (Phi) is 1.74. The summed E-state index contributed by atoms with van der Waals surface area (Å²) in [4.78, 5) is 12.2. The highest BCUT2D eigenvalue weighted by Crippen LogP contribution is 2.89. The summed E-state index contributed by atoms with van der Waals surface area (Å²) in [6, 6.07) is 0. The molecule has 3 aliphatic rings. The molecule has 0 bridgehead atoms. The first kappa shape index (κ1) is 10.6. The van der Waals surface area contributed by atoms with E-state index >= 15 is 0 Å². The fourth-order valence-electron chi connectivity index (χ4n) is 5.10. The van der Waals surface area contributed by atoms with E-state index in [1.54, 1.807) is 0 Å². The molecule has 3 rings (SSSR count). The van der Waals surface area contributed by atoms with Gasteiger partial charge in [0.15, 0.2) is 0 Å². The van der Waals surface area contributed by atoms with Gasteiger partial charge in [-0.2, -0.15) is 0 Å². The number of rotatable bonds is 2. The Bertz CT molecular complexity index is 362. The Morgan fingerprint density at radius 1 is 1.50 bits per heavy atom. The van der Waals surface area contributed by atoms with Crippen LogP contribution in [0.15, 0.2) is 0 Å². The van der Waals surface area contributed by atoms with E-state index in [0.29, 0.717) is 18.4 Å². The van der Waals surface area contributed by atoms with Gasteiger partial charge in [0, 0.05) is 0 Å². The third kappa shape index (κ3) is 0.727. The van der Waals surface area contributed by atoms with Gasteiger partial charge in [0.2, 0.25) is 0 Å². The van der Waals surface area contributed by atoms with Crippen LogP contribution in [0.25, 0.3) is 0 Å². The minimum atomic E-state index is -0.757. The van der Waals surface area contributed by atoms with Gasteiger partial charge in [-0.15, -0.1) is 0 Å². The summed E-state index contributed by atoms with van der Waals surface area (Å²) in [5.74, 6) is 0.532. The molecule has 0 aromatic carbocycles. The summed E-state index contributed by atoms with van der Waals surface area (Å²) in [5.41, 5.74) is -1.40. The highest BCUT2D eigenvalue weighted by atomic mass is 16.5. The Morgan fingerprint density at radius 3 is 2.81 bits per heavy atom. The Hall–Kier alpha value is -0.570. The topological polar surface area (TPSA) is 46.5 Å². The summed E-state index contributed by atoms with van der Waals surface area (Å²) in [6.45, 7) is 6.44.